The first kappa shape index (κ1) is 11.4. The highest BCUT2D eigenvalue weighted by atomic mass is 15.2. The third-order valence-corrected chi connectivity index (χ3v) is 4.44. The van der Waals surface area contributed by atoms with E-state index in [1.807, 2.05) is 0 Å². The van der Waals surface area contributed by atoms with Crippen molar-refractivity contribution in [3.05, 3.63) is 0 Å². The highest BCUT2D eigenvalue weighted by Crippen LogP contribution is 2.27. The van der Waals surface area contributed by atoms with Crippen molar-refractivity contribution in [1.29, 1.82) is 0 Å². The topological polar surface area (TPSA) is 3.24 Å². The third-order valence-electron chi connectivity index (χ3n) is 4.44. The van der Waals surface area contributed by atoms with Crippen molar-refractivity contribution in [3.8, 4) is 0 Å². The molecule has 0 N–H and O–H groups in total. The molecule has 0 aromatic carbocycles. The second-order valence-electron chi connectivity index (χ2n) is 5.56. The summed E-state index contributed by atoms with van der Waals surface area (Å²) < 4.78 is 0. The van der Waals surface area contributed by atoms with Crippen LogP contribution in [0, 0.1) is 5.92 Å². The smallest absolute Gasteiger partial charge is 0.00927 e. The lowest BCUT2D eigenvalue weighted by molar-refractivity contribution is 0.110. The number of hydrogen-bond donors (Lipinski definition) is 0. The first-order valence-electron chi connectivity index (χ1n) is 7.14. The minimum Gasteiger partial charge on any atom is -0.300 e. The Hall–Kier alpha value is -0.0400. The molecule has 1 heteroatoms. The monoisotopic (exact) mass is 209 g/mol. The number of nitrogens with zero attached hydrogens (tertiary/aromatic N) is 1. The zero-order chi connectivity index (χ0) is 10.5. The zero-order valence-corrected chi connectivity index (χ0v) is 10.4. The van der Waals surface area contributed by atoms with Gasteiger partial charge in [0.2, 0.25) is 0 Å². The first-order chi connectivity index (χ1) is 7.40. The molecule has 1 unspecified atom stereocenters. The molecular formula is C14H27N. The average Bonchev–Trinajstić information content (AvgIpc) is 2.31. The van der Waals surface area contributed by atoms with Gasteiger partial charge in [-0.05, 0) is 44.6 Å². The maximum atomic E-state index is 2.81. The lowest BCUT2D eigenvalue weighted by Crippen LogP contribution is -2.42. The van der Waals surface area contributed by atoms with Crippen molar-refractivity contribution in [2.24, 2.45) is 5.92 Å². The molecule has 15 heavy (non-hydrogen) atoms. The van der Waals surface area contributed by atoms with Gasteiger partial charge in [0, 0.05) is 12.6 Å². The van der Waals surface area contributed by atoms with Crippen molar-refractivity contribution >= 4 is 0 Å². The van der Waals surface area contributed by atoms with E-state index in [1.54, 1.807) is 0 Å². The van der Waals surface area contributed by atoms with Crippen molar-refractivity contribution in [1.82, 2.24) is 4.90 Å². The number of hydrogen-bond acceptors (Lipinski definition) is 1. The van der Waals surface area contributed by atoms with E-state index < -0.39 is 0 Å². The van der Waals surface area contributed by atoms with Crippen LogP contribution >= 0.6 is 0 Å². The minimum atomic E-state index is 0.917. The summed E-state index contributed by atoms with van der Waals surface area (Å²) in [6, 6.07) is 0.917. The summed E-state index contributed by atoms with van der Waals surface area (Å²) in [5, 5.41) is 0. The van der Waals surface area contributed by atoms with E-state index in [1.165, 1.54) is 70.9 Å². The second-order valence-corrected chi connectivity index (χ2v) is 5.56. The molecule has 2 aliphatic rings. The molecule has 0 radical (unpaired) electrons. The Morgan fingerprint density at radius 1 is 0.933 bits per heavy atom. The molecule has 1 nitrogen and oxygen atoms in total. The molecule has 2 fully saturated rings. The summed E-state index contributed by atoms with van der Waals surface area (Å²) in [6.07, 6.45) is 13.2. The molecular weight excluding hydrogens is 182 g/mol. The quantitative estimate of drug-likeness (QED) is 0.683. The van der Waals surface area contributed by atoms with E-state index in [9.17, 15) is 0 Å². The van der Waals surface area contributed by atoms with Gasteiger partial charge in [-0.3, -0.25) is 0 Å². The molecule has 0 amide bonds. The van der Waals surface area contributed by atoms with Gasteiger partial charge >= 0.3 is 0 Å². The van der Waals surface area contributed by atoms with Gasteiger partial charge in [0.1, 0.15) is 0 Å². The fraction of sp³-hybridized carbons (Fsp3) is 1.00. The summed E-state index contributed by atoms with van der Waals surface area (Å²) in [5.41, 5.74) is 0. The summed E-state index contributed by atoms with van der Waals surface area (Å²) in [7, 11) is 0. The first-order valence-corrected chi connectivity index (χ1v) is 7.14. The fourth-order valence-corrected chi connectivity index (χ4v) is 3.46. The van der Waals surface area contributed by atoms with Gasteiger partial charge in [0.05, 0.1) is 0 Å². The Labute approximate surface area is 95.2 Å². The van der Waals surface area contributed by atoms with Crippen LogP contribution in [0.5, 0.6) is 0 Å². The molecule has 2 rings (SSSR count). The van der Waals surface area contributed by atoms with Gasteiger partial charge in [0.25, 0.3) is 0 Å². The molecule has 1 saturated heterocycles. The van der Waals surface area contributed by atoms with Gasteiger partial charge in [0.15, 0.2) is 0 Å². The predicted molar refractivity (Wildman–Crippen MR) is 66.1 cm³/mol. The average molecular weight is 209 g/mol. The van der Waals surface area contributed by atoms with Gasteiger partial charge in [-0.2, -0.15) is 0 Å². The van der Waals surface area contributed by atoms with E-state index in [0.717, 1.165) is 12.0 Å². The molecule has 88 valence electrons. The number of rotatable bonds is 3. The fourth-order valence-electron chi connectivity index (χ4n) is 3.46. The molecule has 1 aliphatic carbocycles. The van der Waals surface area contributed by atoms with Gasteiger partial charge in [-0.15, -0.1) is 0 Å². The summed E-state index contributed by atoms with van der Waals surface area (Å²) in [6.45, 7) is 5.16. The predicted octanol–water partition coefficient (Wildman–Crippen LogP) is 3.83. The van der Waals surface area contributed by atoms with Crippen LogP contribution in [-0.2, 0) is 0 Å². The molecule has 1 atom stereocenters. The molecule has 1 heterocycles. The van der Waals surface area contributed by atoms with Gasteiger partial charge < -0.3 is 4.90 Å². The highest BCUT2D eigenvalue weighted by Gasteiger charge is 2.24. The van der Waals surface area contributed by atoms with Crippen molar-refractivity contribution in [3.63, 3.8) is 0 Å². The normalized spacial score (nSPS) is 30.6. The van der Waals surface area contributed by atoms with E-state index in [-0.39, 0.29) is 0 Å². The van der Waals surface area contributed by atoms with Crippen LogP contribution < -0.4 is 0 Å². The van der Waals surface area contributed by atoms with E-state index in [0.29, 0.717) is 0 Å². The van der Waals surface area contributed by atoms with Crippen molar-refractivity contribution in [2.75, 3.05) is 13.1 Å². The molecule has 0 spiro atoms. The molecule has 0 bridgehead atoms. The van der Waals surface area contributed by atoms with Crippen molar-refractivity contribution in [2.45, 2.75) is 70.8 Å². The summed E-state index contributed by atoms with van der Waals surface area (Å²) in [5.74, 6) is 1.03. The van der Waals surface area contributed by atoms with Crippen molar-refractivity contribution < 1.29 is 0 Å². The van der Waals surface area contributed by atoms with Crippen LogP contribution in [0.3, 0.4) is 0 Å². The van der Waals surface area contributed by atoms with Crippen LogP contribution in [-0.4, -0.2) is 24.0 Å². The lowest BCUT2D eigenvalue weighted by atomic mass is 9.87. The Balaban J connectivity index is 1.79. The molecule has 0 aromatic rings. The van der Waals surface area contributed by atoms with Crippen LogP contribution in [0.4, 0.5) is 0 Å². The Bertz CT molecular complexity index is 172. The van der Waals surface area contributed by atoms with Gasteiger partial charge in [-0.1, -0.05) is 32.6 Å². The Morgan fingerprint density at radius 3 is 2.40 bits per heavy atom. The zero-order valence-electron chi connectivity index (χ0n) is 10.4. The standard InChI is InChI=1S/C14H27N/c1-2-14-10-6-7-11-15(14)12-13-8-4-3-5-9-13/h13-14H,2-12H2,1H3. The molecule has 0 aromatic heterocycles. The minimum absolute atomic E-state index is 0.917. The largest absolute Gasteiger partial charge is 0.300 e. The third kappa shape index (κ3) is 3.21. The summed E-state index contributed by atoms with van der Waals surface area (Å²) in [4.78, 5) is 2.81. The Morgan fingerprint density at radius 2 is 1.67 bits per heavy atom. The maximum Gasteiger partial charge on any atom is 0.00927 e. The van der Waals surface area contributed by atoms with Crippen LogP contribution in [0.15, 0.2) is 0 Å². The van der Waals surface area contributed by atoms with Crippen LogP contribution in [0.2, 0.25) is 0 Å². The number of piperidine rings is 1. The SMILES string of the molecule is CCC1CCCCN1CC1CCCCC1. The second kappa shape index (κ2) is 5.89. The Kier molecular flexibility index (Phi) is 4.49. The lowest BCUT2D eigenvalue weighted by Gasteiger charge is -2.38. The maximum absolute atomic E-state index is 2.81. The highest BCUT2D eigenvalue weighted by molar-refractivity contribution is 4.79. The van der Waals surface area contributed by atoms with Crippen LogP contribution in [0.1, 0.15) is 64.7 Å². The van der Waals surface area contributed by atoms with E-state index in [2.05, 4.69) is 11.8 Å². The summed E-state index contributed by atoms with van der Waals surface area (Å²) >= 11 is 0. The van der Waals surface area contributed by atoms with Gasteiger partial charge in [-0.25, -0.2) is 0 Å². The van der Waals surface area contributed by atoms with E-state index in [4.69, 9.17) is 0 Å². The van der Waals surface area contributed by atoms with Crippen LogP contribution in [0.25, 0.3) is 0 Å². The number of likely N-dealkylation sites (tertiary alicyclic amines) is 1. The molecule has 1 aliphatic heterocycles. The van der Waals surface area contributed by atoms with E-state index >= 15 is 0 Å². The molecule has 1 saturated carbocycles.